The topological polar surface area (TPSA) is 46.5 Å². The molecule has 74 valence electrons. The Morgan fingerprint density at radius 2 is 2.14 bits per heavy atom. The van der Waals surface area contributed by atoms with Crippen LogP contribution >= 0.6 is 15.9 Å². The highest BCUT2D eigenvalue weighted by Crippen LogP contribution is 2.24. The average Bonchev–Trinajstić information content (AvgIpc) is 2.15. The molecule has 14 heavy (non-hydrogen) atoms. The van der Waals surface area contributed by atoms with Crippen LogP contribution in [0.3, 0.4) is 0 Å². The summed E-state index contributed by atoms with van der Waals surface area (Å²) in [4.78, 5) is 10.9. The van der Waals surface area contributed by atoms with E-state index in [9.17, 15) is 4.79 Å². The molecule has 0 heterocycles. The molecule has 1 N–H and O–H groups in total. The van der Waals surface area contributed by atoms with Gasteiger partial charge >= 0.3 is 5.97 Å². The van der Waals surface area contributed by atoms with Crippen molar-refractivity contribution in [3.8, 4) is 0 Å². The number of benzene rings is 1. The fraction of sp³-hybridized carbons (Fsp3) is 0.100. The zero-order valence-electron chi connectivity index (χ0n) is 7.53. The fourth-order valence-corrected chi connectivity index (χ4v) is 1.52. The second-order valence-electron chi connectivity index (χ2n) is 2.55. The molecule has 1 rings (SSSR count). The molecule has 0 radical (unpaired) electrons. The summed E-state index contributed by atoms with van der Waals surface area (Å²) in [5, 5.41) is 8.91. The predicted molar refractivity (Wildman–Crippen MR) is 56.8 cm³/mol. The van der Waals surface area contributed by atoms with E-state index < -0.39 is 5.97 Å². The first-order chi connectivity index (χ1) is 6.66. The molecule has 0 atom stereocenters. The summed E-state index contributed by atoms with van der Waals surface area (Å²) in [6, 6.07) is 7.08. The van der Waals surface area contributed by atoms with Gasteiger partial charge < -0.3 is 9.84 Å². The van der Waals surface area contributed by atoms with Gasteiger partial charge in [-0.15, -0.1) is 0 Å². The molecule has 0 aliphatic rings. The second kappa shape index (κ2) is 4.81. The van der Waals surface area contributed by atoms with Crippen molar-refractivity contribution >= 4 is 27.5 Å². The van der Waals surface area contributed by atoms with Crippen molar-refractivity contribution in [1.82, 2.24) is 0 Å². The highest BCUT2D eigenvalue weighted by atomic mass is 79.9. The Bertz CT molecular complexity index is 371. The van der Waals surface area contributed by atoms with Gasteiger partial charge in [-0.05, 0) is 6.07 Å². The van der Waals surface area contributed by atoms with E-state index >= 15 is 0 Å². The normalized spacial score (nSPS) is 11.1. The van der Waals surface area contributed by atoms with E-state index in [0.29, 0.717) is 5.56 Å². The smallest absolute Gasteiger partial charge is 0.339 e. The number of aliphatic carboxylic acids is 1. The molecule has 1 aromatic carbocycles. The number of methoxy groups -OCH3 is 1. The van der Waals surface area contributed by atoms with Crippen LogP contribution in [-0.2, 0) is 9.53 Å². The van der Waals surface area contributed by atoms with Gasteiger partial charge in [-0.1, -0.05) is 34.1 Å². The van der Waals surface area contributed by atoms with Crippen LogP contribution in [0, 0.1) is 0 Å². The summed E-state index contributed by atoms with van der Waals surface area (Å²) >= 11 is 3.28. The van der Waals surface area contributed by atoms with Crippen molar-refractivity contribution in [3.63, 3.8) is 0 Å². The molecule has 0 saturated heterocycles. The van der Waals surface area contributed by atoms with Crippen LogP contribution in [0.4, 0.5) is 0 Å². The molecule has 4 heteroatoms. The van der Waals surface area contributed by atoms with Gasteiger partial charge in [0.15, 0.2) is 0 Å². The lowest BCUT2D eigenvalue weighted by molar-refractivity contribution is -0.130. The minimum absolute atomic E-state index is 0.125. The van der Waals surface area contributed by atoms with Crippen molar-refractivity contribution in [3.05, 3.63) is 40.6 Å². The molecule has 0 unspecified atom stereocenters. The minimum Gasteiger partial charge on any atom is -0.503 e. The summed E-state index contributed by atoms with van der Waals surface area (Å²) in [6.45, 7) is 0. The number of carbonyl (C=O) groups is 1. The van der Waals surface area contributed by atoms with Gasteiger partial charge in [0.05, 0.1) is 13.4 Å². The molecular weight excluding hydrogens is 248 g/mol. The van der Waals surface area contributed by atoms with Crippen LogP contribution in [-0.4, -0.2) is 18.2 Å². The standard InChI is InChI=1S/C10H9BrO3/c1-14-6-8(10(12)13)7-4-2-3-5-9(7)11/h2-6H,1H3,(H,12,13). The lowest BCUT2D eigenvalue weighted by Gasteiger charge is -2.04. The van der Waals surface area contributed by atoms with Crippen LogP contribution in [0.2, 0.25) is 0 Å². The quantitative estimate of drug-likeness (QED) is 0.668. The first-order valence-corrected chi connectivity index (χ1v) is 4.67. The van der Waals surface area contributed by atoms with Crippen LogP contribution in [0.25, 0.3) is 5.57 Å². The average molecular weight is 257 g/mol. The molecule has 1 aromatic rings. The van der Waals surface area contributed by atoms with E-state index in [1.807, 2.05) is 6.07 Å². The summed E-state index contributed by atoms with van der Waals surface area (Å²) in [5.41, 5.74) is 0.724. The van der Waals surface area contributed by atoms with Gasteiger partial charge in [-0.3, -0.25) is 0 Å². The lowest BCUT2D eigenvalue weighted by Crippen LogP contribution is -2.00. The van der Waals surface area contributed by atoms with Crippen molar-refractivity contribution < 1.29 is 14.6 Å². The first kappa shape index (κ1) is 10.8. The zero-order chi connectivity index (χ0) is 10.6. The van der Waals surface area contributed by atoms with Crippen molar-refractivity contribution in [2.75, 3.05) is 7.11 Å². The lowest BCUT2D eigenvalue weighted by atomic mass is 10.1. The molecule has 0 aliphatic carbocycles. The summed E-state index contributed by atoms with van der Waals surface area (Å²) in [6.07, 6.45) is 1.21. The SMILES string of the molecule is COC=C(C(=O)O)c1ccccc1Br. The maximum Gasteiger partial charge on any atom is 0.339 e. The number of ether oxygens (including phenoxy) is 1. The van der Waals surface area contributed by atoms with Gasteiger partial charge in [0, 0.05) is 10.0 Å². The highest BCUT2D eigenvalue weighted by molar-refractivity contribution is 9.10. The van der Waals surface area contributed by atoms with E-state index in [0.717, 1.165) is 4.47 Å². The molecule has 0 aromatic heterocycles. The zero-order valence-corrected chi connectivity index (χ0v) is 9.11. The first-order valence-electron chi connectivity index (χ1n) is 3.88. The Morgan fingerprint density at radius 3 is 2.64 bits per heavy atom. The Kier molecular flexibility index (Phi) is 3.71. The van der Waals surface area contributed by atoms with Crippen LogP contribution in [0.1, 0.15) is 5.56 Å². The van der Waals surface area contributed by atoms with Crippen LogP contribution in [0.5, 0.6) is 0 Å². The third kappa shape index (κ3) is 2.35. The Morgan fingerprint density at radius 1 is 1.50 bits per heavy atom. The maximum atomic E-state index is 10.9. The largest absolute Gasteiger partial charge is 0.503 e. The molecule has 3 nitrogen and oxygen atoms in total. The maximum absolute atomic E-state index is 10.9. The number of hydrogen-bond donors (Lipinski definition) is 1. The van der Waals surface area contributed by atoms with E-state index in [2.05, 4.69) is 15.9 Å². The van der Waals surface area contributed by atoms with Gasteiger partial charge in [-0.25, -0.2) is 4.79 Å². The number of hydrogen-bond acceptors (Lipinski definition) is 2. The minimum atomic E-state index is -1.02. The molecule has 0 fully saturated rings. The summed E-state index contributed by atoms with van der Waals surface area (Å²) in [7, 11) is 1.42. The summed E-state index contributed by atoms with van der Waals surface area (Å²) in [5.74, 6) is -1.02. The molecule has 0 spiro atoms. The van der Waals surface area contributed by atoms with Crippen molar-refractivity contribution in [1.29, 1.82) is 0 Å². The molecule has 0 bridgehead atoms. The van der Waals surface area contributed by atoms with Gasteiger partial charge in [0.2, 0.25) is 0 Å². The number of halogens is 1. The summed E-state index contributed by atoms with van der Waals surface area (Å²) < 4.78 is 5.44. The number of rotatable bonds is 3. The third-order valence-corrected chi connectivity index (χ3v) is 2.32. The predicted octanol–water partition coefficient (Wildman–Crippen LogP) is 2.52. The molecule has 0 saturated carbocycles. The molecular formula is C10H9BrO3. The van der Waals surface area contributed by atoms with Gasteiger partial charge in [0.25, 0.3) is 0 Å². The molecule has 0 amide bonds. The number of carboxylic acids is 1. The third-order valence-electron chi connectivity index (χ3n) is 1.63. The van der Waals surface area contributed by atoms with Gasteiger partial charge in [-0.2, -0.15) is 0 Å². The Labute approximate surface area is 90.1 Å². The Balaban J connectivity index is 3.19. The van der Waals surface area contributed by atoms with Crippen LogP contribution < -0.4 is 0 Å². The second-order valence-corrected chi connectivity index (χ2v) is 3.41. The van der Waals surface area contributed by atoms with E-state index in [1.165, 1.54) is 13.4 Å². The van der Waals surface area contributed by atoms with Crippen molar-refractivity contribution in [2.45, 2.75) is 0 Å². The van der Waals surface area contributed by atoms with E-state index in [1.54, 1.807) is 18.2 Å². The van der Waals surface area contributed by atoms with Crippen molar-refractivity contribution in [2.24, 2.45) is 0 Å². The Hall–Kier alpha value is -1.29. The fourth-order valence-electron chi connectivity index (χ4n) is 1.03. The molecule has 0 aliphatic heterocycles. The van der Waals surface area contributed by atoms with Gasteiger partial charge in [0.1, 0.15) is 5.57 Å². The monoisotopic (exact) mass is 256 g/mol. The number of carboxylic acid groups (broad SMARTS) is 1. The van der Waals surface area contributed by atoms with Crippen LogP contribution in [0.15, 0.2) is 35.0 Å². The van der Waals surface area contributed by atoms with E-state index in [-0.39, 0.29) is 5.57 Å². The highest BCUT2D eigenvalue weighted by Gasteiger charge is 2.13. The van der Waals surface area contributed by atoms with E-state index in [4.69, 9.17) is 9.84 Å².